The summed E-state index contributed by atoms with van der Waals surface area (Å²) in [5, 5.41) is 20.7. The fraction of sp³-hybridized carbons (Fsp3) is 0.414. The Hall–Kier alpha value is -3.49. The molecule has 0 radical (unpaired) electrons. The number of aliphatic hydroxyl groups is 1. The molecule has 2 N–H and O–H groups in total. The van der Waals surface area contributed by atoms with E-state index in [1.807, 2.05) is 32.1 Å². The first-order valence-electron chi connectivity index (χ1n) is 12.3. The number of phenolic OH excluding ortho intramolecular Hbond substituents is 1. The molecule has 1 fully saturated rings. The van der Waals surface area contributed by atoms with Crippen molar-refractivity contribution in [1.29, 1.82) is 0 Å². The molecule has 0 unspecified atom stereocenters. The number of carbonyl (C=O) groups excluding carboxylic acids is 1. The lowest BCUT2D eigenvalue weighted by Gasteiger charge is -2.38. The van der Waals surface area contributed by atoms with Gasteiger partial charge in [-0.3, -0.25) is 4.79 Å². The van der Waals surface area contributed by atoms with Crippen molar-refractivity contribution in [2.75, 3.05) is 27.9 Å². The second-order valence-corrected chi connectivity index (χ2v) is 9.33. The Labute approximate surface area is 217 Å². The van der Waals surface area contributed by atoms with Gasteiger partial charge in [0.05, 0.1) is 34.0 Å². The van der Waals surface area contributed by atoms with Crippen molar-refractivity contribution in [3.05, 3.63) is 71.5 Å². The van der Waals surface area contributed by atoms with E-state index in [0.29, 0.717) is 23.7 Å². The highest BCUT2D eigenvalue weighted by molar-refractivity contribution is 6.03. The molecule has 0 saturated carbocycles. The van der Waals surface area contributed by atoms with Gasteiger partial charge in [-0.15, -0.1) is 0 Å². The van der Waals surface area contributed by atoms with Crippen molar-refractivity contribution < 1.29 is 38.7 Å². The smallest absolute Gasteiger partial charge is 0.219 e. The van der Waals surface area contributed by atoms with E-state index in [2.05, 4.69) is 0 Å². The summed E-state index contributed by atoms with van der Waals surface area (Å²) in [6, 6.07) is 10.7. The van der Waals surface area contributed by atoms with Gasteiger partial charge in [0, 0.05) is 11.3 Å². The van der Waals surface area contributed by atoms with Gasteiger partial charge in [-0.05, 0) is 60.9 Å². The Morgan fingerprint density at radius 3 is 2.43 bits per heavy atom. The van der Waals surface area contributed by atoms with Gasteiger partial charge in [-0.2, -0.15) is 0 Å². The quantitative estimate of drug-likeness (QED) is 0.515. The number of methoxy groups -OCH3 is 3. The first kappa shape index (κ1) is 26.6. The highest BCUT2D eigenvalue weighted by atomic mass is 16.6. The van der Waals surface area contributed by atoms with E-state index in [4.69, 9.17) is 23.7 Å². The van der Waals surface area contributed by atoms with Crippen LogP contribution in [0.3, 0.4) is 0 Å². The predicted octanol–water partition coefficient (Wildman–Crippen LogP) is 4.28. The third kappa shape index (κ3) is 4.79. The number of phenols is 1. The summed E-state index contributed by atoms with van der Waals surface area (Å²) in [7, 11) is 4.51. The summed E-state index contributed by atoms with van der Waals surface area (Å²) in [4.78, 5) is 12.5. The molecule has 2 aliphatic rings. The molecule has 0 bridgehead atoms. The van der Waals surface area contributed by atoms with Crippen molar-refractivity contribution in [3.63, 3.8) is 0 Å². The summed E-state index contributed by atoms with van der Waals surface area (Å²) in [5.41, 5.74) is 0.979. The number of hydrogen-bond acceptors (Lipinski definition) is 8. The fourth-order valence-corrected chi connectivity index (χ4v) is 5.45. The van der Waals surface area contributed by atoms with E-state index in [9.17, 15) is 15.0 Å². The monoisotopic (exact) mass is 510 g/mol. The molecule has 4 rings (SSSR count). The molecular formula is C29H34O8. The molecule has 37 heavy (non-hydrogen) atoms. The number of carbonyl (C=O) groups is 1. The highest BCUT2D eigenvalue weighted by Gasteiger charge is 2.58. The topological polar surface area (TPSA) is 104 Å². The van der Waals surface area contributed by atoms with E-state index in [1.54, 1.807) is 37.5 Å². The maximum absolute atomic E-state index is 12.5. The van der Waals surface area contributed by atoms with Crippen molar-refractivity contribution in [2.24, 2.45) is 11.3 Å². The summed E-state index contributed by atoms with van der Waals surface area (Å²) in [6.45, 7) is 3.66. The first-order chi connectivity index (χ1) is 17.8. The van der Waals surface area contributed by atoms with Crippen molar-refractivity contribution in [2.45, 2.75) is 38.6 Å². The summed E-state index contributed by atoms with van der Waals surface area (Å²) >= 11 is 0. The molecule has 0 aromatic heterocycles. The molecule has 1 aliphatic heterocycles. The minimum absolute atomic E-state index is 0.0244. The maximum atomic E-state index is 12.5. The molecule has 1 heterocycles. The lowest BCUT2D eigenvalue weighted by molar-refractivity contribution is -0.114. The van der Waals surface area contributed by atoms with E-state index >= 15 is 0 Å². The van der Waals surface area contributed by atoms with Crippen LogP contribution in [-0.4, -0.2) is 56.1 Å². The number of aryl methyl sites for hydroxylation is 1. The van der Waals surface area contributed by atoms with Crippen LogP contribution in [-0.2, 0) is 14.3 Å². The molecule has 5 atom stereocenters. The SMILES string of the molecule is CC[C@H]1[C@@H](c2ccc(O)c(OC)c2)O[C@H]([C@@H](CO)Oc2ccc(C)cc2OC)[C@@]12C=CC(=O)C(OC)=C2. The van der Waals surface area contributed by atoms with Gasteiger partial charge in [0.15, 0.2) is 28.8 Å². The molecule has 1 aliphatic carbocycles. The van der Waals surface area contributed by atoms with Gasteiger partial charge < -0.3 is 33.9 Å². The predicted molar refractivity (Wildman–Crippen MR) is 137 cm³/mol. The number of allylic oxidation sites excluding steroid dienone is 1. The van der Waals surface area contributed by atoms with E-state index in [0.717, 1.165) is 11.1 Å². The largest absolute Gasteiger partial charge is 0.504 e. The van der Waals surface area contributed by atoms with Crippen LogP contribution in [0.2, 0.25) is 0 Å². The Morgan fingerprint density at radius 2 is 1.78 bits per heavy atom. The number of ketones is 1. The third-order valence-corrected chi connectivity index (χ3v) is 7.25. The normalized spacial score (nSPS) is 25.6. The highest BCUT2D eigenvalue weighted by Crippen LogP contribution is 2.57. The van der Waals surface area contributed by atoms with Crippen LogP contribution in [0.5, 0.6) is 23.0 Å². The number of aliphatic hydroxyl groups excluding tert-OH is 1. The van der Waals surface area contributed by atoms with E-state index in [1.165, 1.54) is 20.3 Å². The average molecular weight is 511 g/mol. The second-order valence-electron chi connectivity index (χ2n) is 9.33. The molecular weight excluding hydrogens is 476 g/mol. The summed E-state index contributed by atoms with van der Waals surface area (Å²) < 4.78 is 29.3. The number of benzene rings is 2. The number of aromatic hydroxyl groups is 1. The average Bonchev–Trinajstić information content (AvgIpc) is 3.22. The molecule has 1 saturated heterocycles. The minimum Gasteiger partial charge on any atom is -0.504 e. The van der Waals surface area contributed by atoms with Crippen LogP contribution < -0.4 is 14.2 Å². The maximum Gasteiger partial charge on any atom is 0.219 e. The number of ether oxygens (including phenoxy) is 5. The zero-order valence-corrected chi connectivity index (χ0v) is 21.8. The minimum atomic E-state index is -0.824. The number of rotatable bonds is 9. The Bertz CT molecular complexity index is 1200. The van der Waals surface area contributed by atoms with Gasteiger partial charge in [-0.1, -0.05) is 25.1 Å². The zero-order chi connectivity index (χ0) is 26.7. The molecule has 2 aromatic rings. The van der Waals surface area contributed by atoms with E-state index < -0.39 is 23.7 Å². The van der Waals surface area contributed by atoms with Crippen LogP contribution in [0.4, 0.5) is 0 Å². The van der Waals surface area contributed by atoms with Gasteiger partial charge >= 0.3 is 0 Å². The van der Waals surface area contributed by atoms with Crippen LogP contribution in [0.1, 0.15) is 30.6 Å². The molecule has 8 heteroatoms. The van der Waals surface area contributed by atoms with Crippen LogP contribution >= 0.6 is 0 Å². The Kier molecular flexibility index (Phi) is 7.80. The van der Waals surface area contributed by atoms with Crippen molar-refractivity contribution >= 4 is 5.78 Å². The lowest BCUT2D eigenvalue weighted by Crippen LogP contribution is -2.46. The zero-order valence-electron chi connectivity index (χ0n) is 21.8. The fourth-order valence-electron chi connectivity index (χ4n) is 5.45. The van der Waals surface area contributed by atoms with Crippen LogP contribution in [0, 0.1) is 18.3 Å². The lowest BCUT2D eigenvalue weighted by atomic mass is 9.66. The molecule has 198 valence electrons. The van der Waals surface area contributed by atoms with Crippen LogP contribution in [0.25, 0.3) is 0 Å². The summed E-state index contributed by atoms with van der Waals surface area (Å²) in [6.07, 6.45) is 3.88. The molecule has 1 spiro atoms. The molecule has 2 aromatic carbocycles. The first-order valence-corrected chi connectivity index (χ1v) is 12.3. The third-order valence-electron chi connectivity index (χ3n) is 7.25. The second kappa shape index (κ2) is 10.9. The standard InChI is InChI=1S/C29H34O8/c1-6-19-27(18-8-9-20(31)23(14-18)33-3)37-28(29(19)12-11-21(32)25(15-29)35-5)26(16-30)36-22-10-7-17(2)13-24(22)34-4/h7-15,19,26-28,30-31H,6,16H2,1-5H3/t19-,26+,27+,28+,29+/m0/s1. The van der Waals surface area contributed by atoms with Crippen molar-refractivity contribution in [3.8, 4) is 23.0 Å². The van der Waals surface area contributed by atoms with Gasteiger partial charge in [0.25, 0.3) is 0 Å². The van der Waals surface area contributed by atoms with Gasteiger partial charge in [0.1, 0.15) is 12.2 Å². The Morgan fingerprint density at radius 1 is 1.03 bits per heavy atom. The number of hydrogen-bond donors (Lipinski definition) is 2. The molecule has 8 nitrogen and oxygen atoms in total. The molecule has 0 amide bonds. The van der Waals surface area contributed by atoms with Crippen LogP contribution in [0.15, 0.2) is 60.4 Å². The van der Waals surface area contributed by atoms with Crippen molar-refractivity contribution in [1.82, 2.24) is 0 Å². The summed E-state index contributed by atoms with van der Waals surface area (Å²) in [5.74, 6) is 1.19. The Balaban J connectivity index is 1.82. The van der Waals surface area contributed by atoms with Gasteiger partial charge in [-0.25, -0.2) is 0 Å². The van der Waals surface area contributed by atoms with Gasteiger partial charge in [0.2, 0.25) is 5.78 Å². The van der Waals surface area contributed by atoms with E-state index in [-0.39, 0.29) is 29.8 Å².